The van der Waals surface area contributed by atoms with E-state index in [0.29, 0.717) is 5.95 Å². The van der Waals surface area contributed by atoms with Crippen LogP contribution in [-0.4, -0.2) is 9.97 Å². The van der Waals surface area contributed by atoms with Crippen LogP contribution in [0.5, 0.6) is 0 Å². The number of anilines is 1. The molecule has 8 aromatic carbocycles. The first-order valence-electron chi connectivity index (χ1n) is 19.0. The zero-order valence-corrected chi connectivity index (χ0v) is 29.9. The fourth-order valence-corrected chi connectivity index (χ4v) is 10.3. The third-order valence-corrected chi connectivity index (χ3v) is 12.3. The zero-order chi connectivity index (χ0) is 36.1. The maximum atomic E-state index is 5.82. The Hall–Kier alpha value is -7.10. The van der Waals surface area contributed by atoms with Crippen molar-refractivity contribution in [3.8, 4) is 44.6 Å². The van der Waals surface area contributed by atoms with Crippen molar-refractivity contribution in [2.24, 2.45) is 0 Å². The first-order valence-corrected chi connectivity index (χ1v) is 19.0. The van der Waals surface area contributed by atoms with Crippen molar-refractivity contribution in [2.45, 2.75) is 11.1 Å². The molecule has 1 aliphatic heterocycles. The van der Waals surface area contributed by atoms with E-state index in [0.717, 1.165) is 27.7 Å². The van der Waals surface area contributed by atoms with Gasteiger partial charge in [0.05, 0.1) is 11.2 Å². The molecule has 0 fully saturated rings. The lowest BCUT2D eigenvalue weighted by Crippen LogP contribution is -2.53. The average molecular weight is 700 g/mol. The summed E-state index contributed by atoms with van der Waals surface area (Å²) >= 11 is 0. The lowest BCUT2D eigenvalue weighted by molar-refractivity contribution is 0.499. The number of benzene rings is 8. The summed E-state index contributed by atoms with van der Waals surface area (Å²) in [5, 5.41) is 1.02. The van der Waals surface area contributed by atoms with Crippen LogP contribution in [0.3, 0.4) is 0 Å². The SMILES string of the molecule is c1ccc(-c2cccc(-c3nc(N4C5(c6ccccc6-c6ccccc65)c5ccccc5C45c4ccccc4-c4ccccc45)nc4ccccc34)c2)cc1. The summed E-state index contributed by atoms with van der Waals surface area (Å²) in [6.45, 7) is 0. The molecule has 1 aromatic heterocycles. The normalized spacial score (nSPS) is 14.8. The van der Waals surface area contributed by atoms with Crippen LogP contribution in [0.25, 0.3) is 55.5 Å². The molecule has 0 saturated carbocycles. The van der Waals surface area contributed by atoms with Crippen LogP contribution in [0.15, 0.2) is 200 Å². The third-order valence-electron chi connectivity index (χ3n) is 12.3. The molecular formula is C52H33N3. The summed E-state index contributed by atoms with van der Waals surface area (Å²) < 4.78 is 0. The van der Waals surface area contributed by atoms with Gasteiger partial charge in [-0.1, -0.05) is 188 Å². The van der Waals surface area contributed by atoms with Crippen molar-refractivity contribution in [1.29, 1.82) is 0 Å². The lowest BCUT2D eigenvalue weighted by Gasteiger charge is -2.47. The second-order valence-corrected chi connectivity index (χ2v) is 14.8. The predicted molar refractivity (Wildman–Crippen MR) is 223 cm³/mol. The second-order valence-electron chi connectivity index (χ2n) is 14.8. The predicted octanol–water partition coefficient (Wildman–Crippen LogP) is 12.0. The summed E-state index contributed by atoms with van der Waals surface area (Å²) in [5.74, 6) is 0.688. The Balaban J connectivity index is 1.26. The quantitative estimate of drug-likeness (QED) is 0.184. The summed E-state index contributed by atoms with van der Waals surface area (Å²) in [4.78, 5) is 14.1. The zero-order valence-electron chi connectivity index (χ0n) is 29.9. The Kier molecular flexibility index (Phi) is 6.19. The Morgan fingerprint density at radius 3 is 1.29 bits per heavy atom. The van der Waals surface area contributed by atoms with Gasteiger partial charge in [-0.2, -0.15) is 0 Å². The van der Waals surface area contributed by atoms with Gasteiger partial charge in [-0.25, -0.2) is 9.97 Å². The molecule has 12 rings (SSSR count). The standard InChI is InChI=1S/C52H33N3/c1-2-17-34(18-3-1)35-19-16-20-36(33-35)49-41-25-8-15-32-48(41)53-50(54-49)55-51(42-26-9-4-21-37(42)38-22-5-10-27-43(38)51)46-30-13-14-31-47(46)52(55)44-28-11-6-23-39(44)40-24-7-12-29-45(40)52/h1-33H. The lowest BCUT2D eigenvalue weighted by atomic mass is 9.79. The van der Waals surface area contributed by atoms with E-state index in [-0.39, 0.29) is 0 Å². The van der Waals surface area contributed by atoms with Gasteiger partial charge in [-0.05, 0) is 78.9 Å². The van der Waals surface area contributed by atoms with Gasteiger partial charge in [-0.15, -0.1) is 0 Å². The second kappa shape index (κ2) is 11.2. The van der Waals surface area contributed by atoms with Crippen molar-refractivity contribution in [3.05, 3.63) is 234 Å². The average Bonchev–Trinajstić information content (AvgIpc) is 3.84. The molecule has 2 spiro atoms. The minimum Gasteiger partial charge on any atom is -0.305 e. The van der Waals surface area contributed by atoms with Crippen LogP contribution in [0.4, 0.5) is 5.95 Å². The van der Waals surface area contributed by atoms with E-state index in [1.54, 1.807) is 0 Å². The minimum atomic E-state index is -0.750. The maximum Gasteiger partial charge on any atom is 0.229 e. The molecule has 2 heterocycles. The first-order chi connectivity index (χ1) is 27.3. The fourth-order valence-electron chi connectivity index (χ4n) is 10.3. The first kappa shape index (κ1) is 30.4. The third kappa shape index (κ3) is 3.84. The van der Waals surface area contributed by atoms with E-state index in [9.17, 15) is 0 Å². The van der Waals surface area contributed by atoms with Gasteiger partial charge >= 0.3 is 0 Å². The molecule has 3 heteroatoms. The molecule has 0 N–H and O–H groups in total. The molecule has 0 saturated heterocycles. The number of nitrogens with zero attached hydrogens (tertiary/aromatic N) is 3. The Labute approximate surface area is 319 Å². The van der Waals surface area contributed by atoms with Crippen LogP contribution in [0.1, 0.15) is 33.4 Å². The molecule has 256 valence electrons. The van der Waals surface area contributed by atoms with Crippen LogP contribution < -0.4 is 4.90 Å². The van der Waals surface area contributed by atoms with Crippen LogP contribution >= 0.6 is 0 Å². The van der Waals surface area contributed by atoms with E-state index < -0.39 is 11.1 Å². The summed E-state index contributed by atoms with van der Waals surface area (Å²) in [7, 11) is 0. The molecule has 0 radical (unpaired) electrons. The highest BCUT2D eigenvalue weighted by atomic mass is 15.4. The maximum absolute atomic E-state index is 5.82. The van der Waals surface area contributed by atoms with Gasteiger partial charge in [0.15, 0.2) is 0 Å². The number of para-hydroxylation sites is 1. The molecular weight excluding hydrogens is 667 g/mol. The minimum absolute atomic E-state index is 0.688. The molecule has 0 bridgehead atoms. The van der Waals surface area contributed by atoms with Crippen molar-refractivity contribution >= 4 is 16.9 Å². The van der Waals surface area contributed by atoms with Crippen molar-refractivity contribution in [2.75, 3.05) is 4.90 Å². The number of aromatic nitrogens is 2. The Morgan fingerprint density at radius 1 is 0.327 bits per heavy atom. The van der Waals surface area contributed by atoms with Crippen LogP contribution in [-0.2, 0) is 11.1 Å². The van der Waals surface area contributed by atoms with E-state index >= 15 is 0 Å². The number of rotatable bonds is 3. The molecule has 3 nitrogen and oxygen atoms in total. The highest BCUT2D eigenvalue weighted by Crippen LogP contribution is 2.69. The van der Waals surface area contributed by atoms with Crippen molar-refractivity contribution in [3.63, 3.8) is 0 Å². The van der Waals surface area contributed by atoms with Gasteiger partial charge in [0.25, 0.3) is 0 Å². The molecule has 9 aromatic rings. The van der Waals surface area contributed by atoms with Crippen molar-refractivity contribution in [1.82, 2.24) is 9.97 Å². The molecule has 0 amide bonds. The van der Waals surface area contributed by atoms with E-state index in [4.69, 9.17) is 9.97 Å². The molecule has 2 aliphatic carbocycles. The Bertz CT molecular complexity index is 2800. The number of hydrogen-bond acceptors (Lipinski definition) is 3. The van der Waals surface area contributed by atoms with Crippen molar-refractivity contribution < 1.29 is 0 Å². The van der Waals surface area contributed by atoms with Gasteiger partial charge < -0.3 is 4.90 Å². The molecule has 55 heavy (non-hydrogen) atoms. The summed E-state index contributed by atoms with van der Waals surface area (Å²) in [6, 6.07) is 72.9. The van der Waals surface area contributed by atoms with Gasteiger partial charge in [0.1, 0.15) is 11.1 Å². The fraction of sp³-hybridized carbons (Fsp3) is 0.0385. The van der Waals surface area contributed by atoms with Crippen LogP contribution in [0.2, 0.25) is 0 Å². The van der Waals surface area contributed by atoms with Gasteiger partial charge in [0, 0.05) is 10.9 Å². The van der Waals surface area contributed by atoms with E-state index in [1.807, 2.05) is 0 Å². The summed E-state index contributed by atoms with van der Waals surface area (Å²) in [5.41, 5.74) is 16.2. The van der Waals surface area contributed by atoms with Gasteiger partial charge in [-0.3, -0.25) is 0 Å². The summed E-state index contributed by atoms with van der Waals surface area (Å²) in [6.07, 6.45) is 0. The highest BCUT2D eigenvalue weighted by Gasteiger charge is 2.67. The van der Waals surface area contributed by atoms with Gasteiger partial charge in [0.2, 0.25) is 5.95 Å². The van der Waals surface area contributed by atoms with E-state index in [1.165, 1.54) is 61.2 Å². The topological polar surface area (TPSA) is 29.0 Å². The molecule has 0 atom stereocenters. The monoisotopic (exact) mass is 699 g/mol. The Morgan fingerprint density at radius 2 is 0.745 bits per heavy atom. The smallest absolute Gasteiger partial charge is 0.229 e. The van der Waals surface area contributed by atoms with Crippen LogP contribution in [0, 0.1) is 0 Å². The highest BCUT2D eigenvalue weighted by molar-refractivity contribution is 5.97. The van der Waals surface area contributed by atoms with E-state index in [2.05, 4.69) is 205 Å². The largest absolute Gasteiger partial charge is 0.305 e. The number of fused-ring (bicyclic) bond motifs is 14. The molecule has 3 aliphatic rings. The molecule has 0 unspecified atom stereocenters. The number of hydrogen-bond donors (Lipinski definition) is 0.